The molecule has 2 aromatic rings. The number of hydrogen-bond donors (Lipinski definition) is 1. The summed E-state index contributed by atoms with van der Waals surface area (Å²) in [6, 6.07) is 10.2. The Morgan fingerprint density at radius 1 is 1.10 bits per heavy atom. The molecule has 1 aromatic heterocycles. The molecule has 1 N–H and O–H groups in total. The van der Waals surface area contributed by atoms with Crippen molar-refractivity contribution in [2.75, 3.05) is 12.4 Å². The van der Waals surface area contributed by atoms with Gasteiger partial charge < -0.3 is 5.32 Å². The van der Waals surface area contributed by atoms with Crippen molar-refractivity contribution in [2.24, 2.45) is 0 Å². The summed E-state index contributed by atoms with van der Waals surface area (Å²) in [6.45, 7) is 0. The molecule has 1 aliphatic rings. The van der Waals surface area contributed by atoms with E-state index >= 15 is 0 Å². The lowest BCUT2D eigenvalue weighted by Crippen LogP contribution is -2.06. The number of nitrogens with one attached hydrogen (secondary N) is 1. The highest BCUT2D eigenvalue weighted by Crippen LogP contribution is 2.39. The first kappa shape index (κ1) is 13.6. The minimum absolute atomic E-state index is 0.557. The van der Waals surface area contributed by atoms with Crippen LogP contribution in [-0.4, -0.2) is 17.0 Å². The van der Waals surface area contributed by atoms with Gasteiger partial charge in [-0.2, -0.15) is 0 Å². The van der Waals surface area contributed by atoms with E-state index in [0.717, 1.165) is 27.4 Å². The zero-order valence-corrected chi connectivity index (χ0v) is 13.2. The molecule has 104 valence electrons. The van der Waals surface area contributed by atoms with Gasteiger partial charge in [0, 0.05) is 18.5 Å². The summed E-state index contributed by atoms with van der Waals surface area (Å²) in [5.74, 6) is 2.24. The van der Waals surface area contributed by atoms with Gasteiger partial charge in [0.15, 0.2) is 5.82 Å². The Morgan fingerprint density at radius 3 is 2.45 bits per heavy atom. The van der Waals surface area contributed by atoms with Crippen molar-refractivity contribution in [3.8, 4) is 11.4 Å². The van der Waals surface area contributed by atoms with Gasteiger partial charge in [0.2, 0.25) is 0 Å². The van der Waals surface area contributed by atoms with Crippen LogP contribution in [0.3, 0.4) is 0 Å². The zero-order valence-electron chi connectivity index (χ0n) is 11.6. The number of benzene rings is 1. The topological polar surface area (TPSA) is 37.8 Å². The smallest absolute Gasteiger partial charge is 0.161 e. The minimum atomic E-state index is 0.557. The van der Waals surface area contributed by atoms with Crippen molar-refractivity contribution in [3.05, 3.63) is 40.5 Å². The van der Waals surface area contributed by atoms with Gasteiger partial charge in [-0.3, -0.25) is 0 Å². The Bertz CT molecular complexity index is 592. The first-order chi connectivity index (χ1) is 9.79. The number of rotatable bonds is 3. The van der Waals surface area contributed by atoms with Crippen LogP contribution in [0.1, 0.15) is 37.3 Å². The molecule has 1 heterocycles. The van der Waals surface area contributed by atoms with Gasteiger partial charge in [0.1, 0.15) is 5.82 Å². The van der Waals surface area contributed by atoms with E-state index in [-0.39, 0.29) is 0 Å². The molecule has 0 unspecified atom stereocenters. The van der Waals surface area contributed by atoms with Crippen LogP contribution in [0.25, 0.3) is 11.4 Å². The van der Waals surface area contributed by atoms with Crippen LogP contribution < -0.4 is 5.32 Å². The van der Waals surface area contributed by atoms with Gasteiger partial charge >= 0.3 is 0 Å². The first-order valence-corrected chi connectivity index (χ1v) is 7.89. The third-order valence-corrected chi connectivity index (χ3v) is 4.67. The summed E-state index contributed by atoms with van der Waals surface area (Å²) >= 11 is 3.67. The van der Waals surface area contributed by atoms with E-state index in [2.05, 4.69) is 38.4 Å². The van der Waals surface area contributed by atoms with Gasteiger partial charge in [-0.05, 0) is 28.8 Å². The Morgan fingerprint density at radius 2 is 1.80 bits per heavy atom. The van der Waals surface area contributed by atoms with E-state index < -0.39 is 0 Å². The molecule has 0 bridgehead atoms. The lowest BCUT2D eigenvalue weighted by Gasteiger charge is -2.15. The highest BCUT2D eigenvalue weighted by molar-refractivity contribution is 9.10. The number of aromatic nitrogens is 2. The van der Waals surface area contributed by atoms with E-state index in [9.17, 15) is 0 Å². The lowest BCUT2D eigenvalue weighted by molar-refractivity contribution is 0.691. The summed E-state index contributed by atoms with van der Waals surface area (Å²) in [7, 11) is 1.90. The molecule has 1 aromatic carbocycles. The maximum absolute atomic E-state index is 4.84. The van der Waals surface area contributed by atoms with Crippen molar-refractivity contribution in [2.45, 2.75) is 31.6 Å². The van der Waals surface area contributed by atoms with Crippen LogP contribution in [0.2, 0.25) is 0 Å². The molecule has 1 saturated carbocycles. The van der Waals surface area contributed by atoms with Crippen LogP contribution in [0.4, 0.5) is 5.82 Å². The predicted octanol–water partition coefficient (Wildman–Crippen LogP) is 4.61. The molecule has 0 spiro atoms. The fourth-order valence-corrected chi connectivity index (χ4v) is 3.52. The maximum atomic E-state index is 4.84. The molecule has 1 aliphatic carbocycles. The third-order valence-electron chi connectivity index (χ3n) is 3.89. The molecule has 0 aliphatic heterocycles. The second-order valence-corrected chi connectivity index (χ2v) is 5.99. The van der Waals surface area contributed by atoms with Crippen molar-refractivity contribution >= 4 is 21.7 Å². The quantitative estimate of drug-likeness (QED) is 0.892. The summed E-state index contributed by atoms with van der Waals surface area (Å²) < 4.78 is 1.02. The van der Waals surface area contributed by atoms with Crippen LogP contribution in [0, 0.1) is 0 Å². The molecule has 1 fully saturated rings. The van der Waals surface area contributed by atoms with E-state index in [4.69, 9.17) is 4.98 Å². The molecular weight excluding hydrogens is 314 g/mol. The SMILES string of the molecule is CNc1nc(-c2ccccc2)nc(C2CCCC2)c1Br. The van der Waals surface area contributed by atoms with E-state index in [1.54, 1.807) is 0 Å². The van der Waals surface area contributed by atoms with E-state index in [1.165, 1.54) is 25.7 Å². The number of hydrogen-bond acceptors (Lipinski definition) is 3. The fourth-order valence-electron chi connectivity index (χ4n) is 2.82. The standard InChI is InChI=1S/C16H18BrN3/c1-18-16-13(17)14(11-7-5-6-8-11)19-15(20-16)12-9-3-2-4-10-12/h2-4,9-11H,5-8H2,1H3,(H,18,19,20). The number of halogens is 1. The summed E-state index contributed by atoms with van der Waals surface area (Å²) in [6.07, 6.45) is 5.06. The highest BCUT2D eigenvalue weighted by Gasteiger charge is 2.23. The van der Waals surface area contributed by atoms with Gasteiger partial charge in [-0.1, -0.05) is 43.2 Å². The lowest BCUT2D eigenvalue weighted by atomic mass is 10.0. The molecule has 0 radical (unpaired) electrons. The second-order valence-electron chi connectivity index (χ2n) is 5.19. The van der Waals surface area contributed by atoms with Crippen molar-refractivity contribution in [3.63, 3.8) is 0 Å². The molecule has 3 rings (SSSR count). The van der Waals surface area contributed by atoms with Gasteiger partial charge in [-0.25, -0.2) is 9.97 Å². The average molecular weight is 332 g/mol. The molecule has 20 heavy (non-hydrogen) atoms. The Labute approximate surface area is 128 Å². The molecule has 3 nitrogen and oxygen atoms in total. The molecular formula is C16H18BrN3. The summed E-state index contributed by atoms with van der Waals surface area (Å²) in [5.41, 5.74) is 2.22. The highest BCUT2D eigenvalue weighted by atomic mass is 79.9. The normalized spacial score (nSPS) is 15.5. The van der Waals surface area contributed by atoms with Crippen molar-refractivity contribution in [1.82, 2.24) is 9.97 Å². The monoisotopic (exact) mass is 331 g/mol. The molecule has 0 amide bonds. The van der Waals surface area contributed by atoms with Gasteiger partial charge in [-0.15, -0.1) is 0 Å². The zero-order chi connectivity index (χ0) is 13.9. The Kier molecular flexibility index (Phi) is 4.01. The predicted molar refractivity (Wildman–Crippen MR) is 85.9 cm³/mol. The maximum Gasteiger partial charge on any atom is 0.161 e. The minimum Gasteiger partial charge on any atom is -0.372 e. The average Bonchev–Trinajstić information content (AvgIpc) is 3.02. The third kappa shape index (κ3) is 2.57. The van der Waals surface area contributed by atoms with E-state index in [1.807, 2.05) is 25.2 Å². The van der Waals surface area contributed by atoms with Crippen LogP contribution in [0.5, 0.6) is 0 Å². The van der Waals surface area contributed by atoms with Gasteiger partial charge in [0.25, 0.3) is 0 Å². The summed E-state index contributed by atoms with van der Waals surface area (Å²) in [5, 5.41) is 3.17. The van der Waals surface area contributed by atoms with Gasteiger partial charge in [0.05, 0.1) is 10.2 Å². The summed E-state index contributed by atoms with van der Waals surface area (Å²) in [4.78, 5) is 9.46. The molecule has 0 saturated heterocycles. The first-order valence-electron chi connectivity index (χ1n) is 7.10. The number of anilines is 1. The fraction of sp³-hybridized carbons (Fsp3) is 0.375. The van der Waals surface area contributed by atoms with Crippen molar-refractivity contribution < 1.29 is 0 Å². The molecule has 0 atom stereocenters. The number of nitrogens with zero attached hydrogens (tertiary/aromatic N) is 2. The van der Waals surface area contributed by atoms with Crippen LogP contribution in [0.15, 0.2) is 34.8 Å². The Balaban J connectivity index is 2.09. The Hall–Kier alpha value is -1.42. The molecule has 4 heteroatoms. The largest absolute Gasteiger partial charge is 0.372 e. The second kappa shape index (κ2) is 5.92. The van der Waals surface area contributed by atoms with E-state index in [0.29, 0.717) is 5.92 Å². The van der Waals surface area contributed by atoms with Crippen LogP contribution >= 0.6 is 15.9 Å². The van der Waals surface area contributed by atoms with Crippen LogP contribution in [-0.2, 0) is 0 Å². The van der Waals surface area contributed by atoms with Crippen molar-refractivity contribution in [1.29, 1.82) is 0 Å².